The van der Waals surface area contributed by atoms with Crippen molar-refractivity contribution in [2.45, 2.75) is 13.1 Å². The predicted molar refractivity (Wildman–Crippen MR) is 132 cm³/mol. The highest BCUT2D eigenvalue weighted by molar-refractivity contribution is 6.68. The van der Waals surface area contributed by atoms with Gasteiger partial charge in [0.2, 0.25) is 5.88 Å². The van der Waals surface area contributed by atoms with Crippen molar-refractivity contribution in [3.05, 3.63) is 83.7 Å². The van der Waals surface area contributed by atoms with Crippen LogP contribution in [0.4, 0.5) is 5.82 Å². The Morgan fingerprint density at radius 2 is 1.43 bits per heavy atom. The minimum absolute atomic E-state index is 0.0458. The van der Waals surface area contributed by atoms with Crippen molar-refractivity contribution in [2.75, 3.05) is 26.2 Å². The molecule has 0 amide bonds. The van der Waals surface area contributed by atoms with Gasteiger partial charge in [0.1, 0.15) is 11.5 Å². The Balaban J connectivity index is 1.75. The van der Waals surface area contributed by atoms with Crippen molar-refractivity contribution in [2.24, 2.45) is 0 Å². The number of carbonyl (C=O) groups is 1. The number of aromatic nitrogens is 4. The van der Waals surface area contributed by atoms with E-state index in [0.717, 1.165) is 22.6 Å². The second kappa shape index (κ2) is 10.9. The summed E-state index contributed by atoms with van der Waals surface area (Å²) in [6.07, 6.45) is 1.58. The molecular formula is C25H24ClN5O4. The number of pyridine rings is 1. The molecule has 2 aromatic heterocycles. The van der Waals surface area contributed by atoms with Crippen LogP contribution in [0.3, 0.4) is 0 Å². The molecule has 0 fully saturated rings. The molecule has 10 heteroatoms. The minimum Gasteiger partial charge on any atom is -0.497 e. The molecule has 0 bridgehead atoms. The maximum Gasteiger partial charge on any atom is 0.276 e. The van der Waals surface area contributed by atoms with E-state index in [9.17, 15) is 4.79 Å². The smallest absolute Gasteiger partial charge is 0.276 e. The molecule has 0 aliphatic carbocycles. The lowest BCUT2D eigenvalue weighted by molar-refractivity contribution is 0.107. The van der Waals surface area contributed by atoms with Crippen molar-refractivity contribution in [1.29, 1.82) is 0 Å². The van der Waals surface area contributed by atoms with Crippen LogP contribution in [0.2, 0.25) is 0 Å². The number of hydrogen-bond donors (Lipinski definition) is 0. The molecule has 2 heterocycles. The van der Waals surface area contributed by atoms with Gasteiger partial charge in [-0.3, -0.25) is 4.79 Å². The zero-order valence-corrected chi connectivity index (χ0v) is 20.3. The van der Waals surface area contributed by atoms with E-state index in [1.165, 1.54) is 11.9 Å². The summed E-state index contributed by atoms with van der Waals surface area (Å²) in [7, 11) is 4.76. The lowest BCUT2D eigenvalue weighted by atomic mass is 10.1. The minimum atomic E-state index is -0.707. The Kier molecular flexibility index (Phi) is 7.47. The number of benzene rings is 2. The highest BCUT2D eigenvalue weighted by atomic mass is 35.5. The second-order valence-corrected chi connectivity index (χ2v) is 7.89. The average Bonchev–Trinajstić information content (AvgIpc) is 3.35. The number of hydrogen-bond acceptors (Lipinski definition) is 8. The topological polar surface area (TPSA) is 91.6 Å². The molecule has 4 rings (SSSR count). The molecule has 0 saturated heterocycles. The molecule has 0 atom stereocenters. The summed E-state index contributed by atoms with van der Waals surface area (Å²) < 4.78 is 15.7. The molecule has 0 aliphatic heterocycles. The van der Waals surface area contributed by atoms with Crippen LogP contribution in [0.5, 0.6) is 17.4 Å². The van der Waals surface area contributed by atoms with Gasteiger partial charge in [-0.15, -0.1) is 15.0 Å². The number of nitrogens with zero attached hydrogens (tertiary/aromatic N) is 5. The van der Waals surface area contributed by atoms with Crippen LogP contribution in [0.25, 0.3) is 5.69 Å². The van der Waals surface area contributed by atoms with Gasteiger partial charge in [0.05, 0.1) is 27.0 Å². The van der Waals surface area contributed by atoms with Crippen LogP contribution < -0.4 is 19.1 Å². The zero-order valence-electron chi connectivity index (χ0n) is 19.5. The van der Waals surface area contributed by atoms with E-state index < -0.39 is 5.24 Å². The summed E-state index contributed by atoms with van der Waals surface area (Å²) >= 11 is 5.95. The van der Waals surface area contributed by atoms with Crippen LogP contribution in [-0.4, -0.2) is 46.5 Å². The Morgan fingerprint density at radius 3 is 1.91 bits per heavy atom. The fourth-order valence-electron chi connectivity index (χ4n) is 3.50. The van der Waals surface area contributed by atoms with Gasteiger partial charge in [0.15, 0.2) is 11.5 Å². The Hall–Kier alpha value is -4.11. The van der Waals surface area contributed by atoms with Crippen LogP contribution in [0.15, 0.2) is 66.9 Å². The second-order valence-electron chi connectivity index (χ2n) is 7.54. The van der Waals surface area contributed by atoms with Gasteiger partial charge in [-0.1, -0.05) is 24.3 Å². The fourth-order valence-corrected chi connectivity index (χ4v) is 3.62. The maximum absolute atomic E-state index is 12.4. The van der Waals surface area contributed by atoms with Crippen LogP contribution >= 0.6 is 11.6 Å². The molecule has 9 nitrogen and oxygen atoms in total. The first-order chi connectivity index (χ1) is 17.0. The molecule has 0 unspecified atom stereocenters. The third kappa shape index (κ3) is 5.70. The zero-order chi connectivity index (χ0) is 24.8. The molecule has 0 aliphatic rings. The van der Waals surface area contributed by atoms with Crippen molar-refractivity contribution in [3.63, 3.8) is 0 Å². The normalized spacial score (nSPS) is 10.6. The summed E-state index contributed by atoms with van der Waals surface area (Å²) in [5.41, 5.74) is 2.61. The Labute approximate surface area is 207 Å². The third-order valence-corrected chi connectivity index (χ3v) is 5.48. The van der Waals surface area contributed by atoms with Gasteiger partial charge in [-0.2, -0.15) is 0 Å². The average molecular weight is 494 g/mol. The SMILES string of the molecule is COc1ccc(CN(Cc2ccc(OC)cc2)c2nn(-c3ccnc(OC)c3)nc2C(=O)Cl)cc1. The number of carbonyl (C=O) groups excluding carboxylic acids is 1. The van der Waals surface area contributed by atoms with Crippen LogP contribution in [0, 0.1) is 0 Å². The molecule has 4 aromatic rings. The quantitative estimate of drug-likeness (QED) is 0.302. The van der Waals surface area contributed by atoms with E-state index in [-0.39, 0.29) is 5.69 Å². The summed E-state index contributed by atoms with van der Waals surface area (Å²) in [4.78, 5) is 19.8. The summed E-state index contributed by atoms with van der Waals surface area (Å²) in [6, 6.07) is 18.8. The lowest BCUT2D eigenvalue weighted by Crippen LogP contribution is -2.24. The number of halogens is 1. The van der Waals surface area contributed by atoms with Crippen LogP contribution in [0.1, 0.15) is 21.6 Å². The molecule has 0 saturated carbocycles. The highest BCUT2D eigenvalue weighted by Gasteiger charge is 2.24. The van der Waals surface area contributed by atoms with Crippen LogP contribution in [-0.2, 0) is 13.1 Å². The van der Waals surface area contributed by atoms with Gasteiger partial charge in [0, 0.05) is 25.4 Å². The predicted octanol–water partition coefficient (Wildman–Crippen LogP) is 4.27. The first-order valence-corrected chi connectivity index (χ1v) is 11.1. The first-order valence-electron chi connectivity index (χ1n) is 10.7. The molecule has 35 heavy (non-hydrogen) atoms. The number of methoxy groups -OCH3 is 3. The number of ether oxygens (including phenoxy) is 3. The van der Waals surface area contributed by atoms with E-state index in [1.54, 1.807) is 32.5 Å². The van der Waals surface area contributed by atoms with E-state index >= 15 is 0 Å². The first kappa shape index (κ1) is 24.0. The fraction of sp³-hybridized carbons (Fsp3) is 0.200. The van der Waals surface area contributed by atoms with Gasteiger partial charge < -0.3 is 19.1 Å². The monoisotopic (exact) mass is 493 g/mol. The van der Waals surface area contributed by atoms with Crippen molar-refractivity contribution in [3.8, 4) is 23.1 Å². The Bertz CT molecular complexity index is 1240. The van der Waals surface area contributed by atoms with Gasteiger partial charge in [-0.05, 0) is 53.1 Å². The molecule has 2 aromatic carbocycles. The molecule has 0 radical (unpaired) electrons. The summed E-state index contributed by atoms with van der Waals surface area (Å²) in [5, 5.41) is 8.30. The van der Waals surface area contributed by atoms with Gasteiger partial charge in [-0.25, -0.2) is 4.98 Å². The number of anilines is 1. The molecule has 0 spiro atoms. The molecule has 180 valence electrons. The third-order valence-electron chi connectivity index (χ3n) is 5.31. The van der Waals surface area contributed by atoms with E-state index in [2.05, 4.69) is 15.2 Å². The largest absolute Gasteiger partial charge is 0.497 e. The Morgan fingerprint density at radius 1 is 0.857 bits per heavy atom. The highest BCUT2D eigenvalue weighted by Crippen LogP contribution is 2.26. The van der Waals surface area contributed by atoms with E-state index in [1.807, 2.05) is 53.4 Å². The van der Waals surface area contributed by atoms with Gasteiger partial charge in [0.25, 0.3) is 5.24 Å². The molecular weight excluding hydrogens is 470 g/mol. The summed E-state index contributed by atoms with van der Waals surface area (Å²) in [6.45, 7) is 0.900. The van der Waals surface area contributed by atoms with Crippen molar-refractivity contribution in [1.82, 2.24) is 20.0 Å². The standard InChI is InChI=1S/C25H24ClN5O4/c1-33-20-8-4-17(5-9-20)15-30(16-18-6-10-21(34-2)11-7-18)25-23(24(26)32)28-31(29-25)19-12-13-27-22(14-19)35-3/h4-14H,15-16H2,1-3H3. The van der Waals surface area contributed by atoms with E-state index in [0.29, 0.717) is 30.5 Å². The van der Waals surface area contributed by atoms with Crippen molar-refractivity contribution >= 4 is 22.7 Å². The summed E-state index contributed by atoms with van der Waals surface area (Å²) in [5.74, 6) is 2.26. The lowest BCUT2D eigenvalue weighted by Gasteiger charge is -2.23. The van der Waals surface area contributed by atoms with Gasteiger partial charge >= 0.3 is 0 Å². The molecule has 0 N–H and O–H groups in total. The number of rotatable bonds is 10. The van der Waals surface area contributed by atoms with Crippen molar-refractivity contribution < 1.29 is 19.0 Å². The van der Waals surface area contributed by atoms with E-state index in [4.69, 9.17) is 25.8 Å². The maximum atomic E-state index is 12.4.